The largest absolute Gasteiger partial charge is 0.509 e. The SMILES string of the molecule is O=CCCCCCCC(=O)C1=C(O)C(O)CCC1=O. The summed E-state index contributed by atoms with van der Waals surface area (Å²) in [7, 11) is 0. The topological polar surface area (TPSA) is 91.7 Å². The first-order chi connectivity index (χ1) is 9.07. The Bertz CT molecular complexity index is 383. The van der Waals surface area contributed by atoms with Gasteiger partial charge in [-0.1, -0.05) is 12.8 Å². The molecule has 19 heavy (non-hydrogen) atoms. The molecule has 0 aromatic carbocycles. The fourth-order valence-corrected chi connectivity index (χ4v) is 2.13. The molecular formula is C14H20O5. The summed E-state index contributed by atoms with van der Waals surface area (Å²) in [5, 5.41) is 19.0. The minimum absolute atomic E-state index is 0.103. The maximum absolute atomic E-state index is 11.8. The van der Waals surface area contributed by atoms with E-state index in [9.17, 15) is 24.6 Å². The molecule has 5 heteroatoms. The fourth-order valence-electron chi connectivity index (χ4n) is 2.13. The van der Waals surface area contributed by atoms with Crippen molar-refractivity contribution in [1.29, 1.82) is 0 Å². The number of aldehydes is 1. The molecule has 0 saturated carbocycles. The molecular weight excluding hydrogens is 248 g/mol. The molecule has 0 fully saturated rings. The van der Waals surface area contributed by atoms with Crippen molar-refractivity contribution in [2.45, 2.75) is 57.5 Å². The third-order valence-corrected chi connectivity index (χ3v) is 3.25. The van der Waals surface area contributed by atoms with Crippen molar-refractivity contribution >= 4 is 17.9 Å². The highest BCUT2D eigenvalue weighted by molar-refractivity contribution is 6.21. The van der Waals surface area contributed by atoms with Gasteiger partial charge < -0.3 is 15.0 Å². The fraction of sp³-hybridized carbons (Fsp3) is 0.643. The normalized spacial score (nSPS) is 19.6. The molecule has 0 radical (unpaired) electrons. The molecule has 0 saturated heterocycles. The minimum Gasteiger partial charge on any atom is -0.509 e. The monoisotopic (exact) mass is 268 g/mol. The summed E-state index contributed by atoms with van der Waals surface area (Å²) in [5.41, 5.74) is -0.216. The van der Waals surface area contributed by atoms with Gasteiger partial charge in [-0.2, -0.15) is 0 Å². The number of allylic oxidation sites excluding steroid dienone is 1. The highest BCUT2D eigenvalue weighted by Crippen LogP contribution is 2.23. The number of hydrogen-bond donors (Lipinski definition) is 2. The number of hydrogen-bond acceptors (Lipinski definition) is 5. The van der Waals surface area contributed by atoms with Crippen LogP contribution in [0.3, 0.4) is 0 Å². The average molecular weight is 268 g/mol. The maximum atomic E-state index is 11.8. The van der Waals surface area contributed by atoms with Crippen molar-refractivity contribution in [2.24, 2.45) is 0 Å². The highest BCUT2D eigenvalue weighted by Gasteiger charge is 2.30. The predicted octanol–water partition coefficient (Wildman–Crippen LogP) is 1.63. The summed E-state index contributed by atoms with van der Waals surface area (Å²) in [6.07, 6.45) is 3.89. The number of carbonyl (C=O) groups is 3. The van der Waals surface area contributed by atoms with E-state index in [0.29, 0.717) is 12.8 Å². The number of aliphatic hydroxyl groups is 2. The van der Waals surface area contributed by atoms with Crippen LogP contribution in [0.15, 0.2) is 11.3 Å². The van der Waals surface area contributed by atoms with E-state index in [1.165, 1.54) is 0 Å². The van der Waals surface area contributed by atoms with Gasteiger partial charge in [-0.25, -0.2) is 0 Å². The lowest BCUT2D eigenvalue weighted by molar-refractivity contribution is -0.123. The highest BCUT2D eigenvalue weighted by atomic mass is 16.3. The second-order valence-corrected chi connectivity index (χ2v) is 4.78. The van der Waals surface area contributed by atoms with Crippen LogP contribution >= 0.6 is 0 Å². The molecule has 0 aromatic heterocycles. The van der Waals surface area contributed by atoms with Gasteiger partial charge >= 0.3 is 0 Å². The molecule has 0 heterocycles. The number of Topliss-reactive ketones (excluding diaryl/α,β-unsaturated/α-hetero) is 2. The van der Waals surface area contributed by atoms with Crippen LogP contribution in [-0.4, -0.2) is 34.2 Å². The number of ketones is 2. The van der Waals surface area contributed by atoms with E-state index in [1.807, 2.05) is 0 Å². The van der Waals surface area contributed by atoms with Gasteiger partial charge in [0.2, 0.25) is 0 Å². The van der Waals surface area contributed by atoms with E-state index >= 15 is 0 Å². The molecule has 1 rings (SSSR count). The lowest BCUT2D eigenvalue weighted by atomic mass is 9.89. The van der Waals surface area contributed by atoms with Crippen molar-refractivity contribution in [3.63, 3.8) is 0 Å². The molecule has 0 aromatic rings. The average Bonchev–Trinajstić information content (AvgIpc) is 2.38. The first-order valence-electron chi connectivity index (χ1n) is 6.69. The molecule has 5 nitrogen and oxygen atoms in total. The predicted molar refractivity (Wildman–Crippen MR) is 68.7 cm³/mol. The van der Waals surface area contributed by atoms with Crippen LogP contribution in [0.25, 0.3) is 0 Å². The van der Waals surface area contributed by atoms with E-state index in [-0.39, 0.29) is 30.6 Å². The van der Waals surface area contributed by atoms with Gasteiger partial charge in [0.25, 0.3) is 0 Å². The summed E-state index contributed by atoms with van der Waals surface area (Å²) in [5.74, 6) is -1.24. The smallest absolute Gasteiger partial charge is 0.170 e. The molecule has 0 amide bonds. The van der Waals surface area contributed by atoms with Crippen LogP contribution in [0.5, 0.6) is 0 Å². The molecule has 0 spiro atoms. The molecule has 1 atom stereocenters. The molecule has 0 aliphatic heterocycles. The number of rotatable bonds is 8. The van der Waals surface area contributed by atoms with Gasteiger partial charge in [-0.15, -0.1) is 0 Å². The first kappa shape index (κ1) is 15.6. The Morgan fingerprint density at radius 1 is 1.26 bits per heavy atom. The Labute approximate surface area is 112 Å². The zero-order valence-corrected chi connectivity index (χ0v) is 10.9. The molecule has 1 aliphatic carbocycles. The Kier molecular flexibility index (Phi) is 6.42. The third kappa shape index (κ3) is 4.59. The Morgan fingerprint density at radius 3 is 2.63 bits per heavy atom. The molecule has 1 aliphatic rings. The van der Waals surface area contributed by atoms with E-state index in [2.05, 4.69) is 0 Å². The summed E-state index contributed by atoms with van der Waals surface area (Å²) < 4.78 is 0. The summed E-state index contributed by atoms with van der Waals surface area (Å²) in [6, 6.07) is 0. The Balaban J connectivity index is 2.42. The standard InChI is InChI=1S/C14H20O5/c15-9-5-3-1-2-4-6-10(16)13-11(17)7-8-12(18)14(13)19/h9,12,18-19H,1-8H2. The van der Waals surface area contributed by atoms with Gasteiger partial charge in [0.05, 0.1) is 0 Å². The van der Waals surface area contributed by atoms with Crippen molar-refractivity contribution < 1.29 is 24.6 Å². The van der Waals surface area contributed by atoms with Crippen molar-refractivity contribution in [3.8, 4) is 0 Å². The second kappa shape index (κ2) is 7.84. The van der Waals surface area contributed by atoms with Crippen LogP contribution < -0.4 is 0 Å². The van der Waals surface area contributed by atoms with Crippen LogP contribution in [0, 0.1) is 0 Å². The van der Waals surface area contributed by atoms with Crippen LogP contribution in [0.1, 0.15) is 51.4 Å². The summed E-state index contributed by atoms with van der Waals surface area (Å²) in [4.78, 5) is 33.5. The van der Waals surface area contributed by atoms with Gasteiger partial charge in [-0.05, 0) is 19.3 Å². The lowest BCUT2D eigenvalue weighted by Crippen LogP contribution is -2.27. The Hall–Kier alpha value is -1.49. The maximum Gasteiger partial charge on any atom is 0.170 e. The molecule has 1 unspecified atom stereocenters. The Morgan fingerprint density at radius 2 is 1.95 bits per heavy atom. The zero-order valence-electron chi connectivity index (χ0n) is 10.9. The molecule has 2 N–H and O–H groups in total. The zero-order chi connectivity index (χ0) is 14.3. The van der Waals surface area contributed by atoms with Gasteiger partial charge in [-0.3, -0.25) is 9.59 Å². The van der Waals surface area contributed by atoms with Gasteiger partial charge in [0.15, 0.2) is 11.6 Å². The number of carbonyl (C=O) groups excluding carboxylic acids is 3. The number of aliphatic hydroxyl groups excluding tert-OH is 2. The van der Waals surface area contributed by atoms with E-state index < -0.39 is 17.6 Å². The van der Waals surface area contributed by atoms with Gasteiger partial charge in [0.1, 0.15) is 23.7 Å². The summed E-state index contributed by atoms with van der Waals surface area (Å²) in [6.45, 7) is 0. The second-order valence-electron chi connectivity index (χ2n) is 4.78. The first-order valence-corrected chi connectivity index (χ1v) is 6.69. The van der Waals surface area contributed by atoms with Crippen LogP contribution in [0.2, 0.25) is 0 Å². The lowest BCUT2D eigenvalue weighted by Gasteiger charge is -2.18. The molecule has 106 valence electrons. The van der Waals surface area contributed by atoms with Crippen LogP contribution in [-0.2, 0) is 14.4 Å². The van der Waals surface area contributed by atoms with E-state index in [1.54, 1.807) is 0 Å². The van der Waals surface area contributed by atoms with Crippen molar-refractivity contribution in [2.75, 3.05) is 0 Å². The van der Waals surface area contributed by atoms with Gasteiger partial charge in [0, 0.05) is 19.3 Å². The van der Waals surface area contributed by atoms with Crippen LogP contribution in [0.4, 0.5) is 0 Å². The summed E-state index contributed by atoms with van der Waals surface area (Å²) >= 11 is 0. The van der Waals surface area contributed by atoms with Crippen molar-refractivity contribution in [1.82, 2.24) is 0 Å². The van der Waals surface area contributed by atoms with E-state index in [0.717, 1.165) is 25.5 Å². The minimum atomic E-state index is -1.09. The van der Waals surface area contributed by atoms with Crippen molar-refractivity contribution in [3.05, 3.63) is 11.3 Å². The molecule has 0 bridgehead atoms. The quantitative estimate of drug-likeness (QED) is 0.396. The third-order valence-electron chi connectivity index (χ3n) is 3.25. The van der Waals surface area contributed by atoms with E-state index in [4.69, 9.17) is 0 Å². The number of unbranched alkanes of at least 4 members (excludes halogenated alkanes) is 4.